The summed E-state index contributed by atoms with van der Waals surface area (Å²) in [5, 5.41) is 4.79. The highest BCUT2D eigenvalue weighted by Gasteiger charge is 2.11. The molecule has 9 heteroatoms. The van der Waals surface area contributed by atoms with Crippen LogP contribution in [0.4, 0.5) is 5.69 Å². The number of benzene rings is 2. The number of hydrogen-bond donors (Lipinski definition) is 0. The van der Waals surface area contributed by atoms with Crippen LogP contribution in [0, 0.1) is 6.92 Å². The van der Waals surface area contributed by atoms with Gasteiger partial charge in [0.05, 0.1) is 24.2 Å². The number of halogens is 1. The van der Waals surface area contributed by atoms with Crippen molar-refractivity contribution in [3.8, 4) is 5.75 Å². The van der Waals surface area contributed by atoms with Crippen molar-refractivity contribution in [1.29, 1.82) is 0 Å². The molecule has 0 saturated carbocycles. The third kappa shape index (κ3) is 4.68. The zero-order valence-electron chi connectivity index (χ0n) is 17.0. The van der Waals surface area contributed by atoms with Crippen LogP contribution in [-0.4, -0.2) is 49.7 Å². The van der Waals surface area contributed by atoms with E-state index in [1.165, 1.54) is 18.0 Å². The van der Waals surface area contributed by atoms with E-state index in [1.807, 2.05) is 31.1 Å². The predicted molar refractivity (Wildman–Crippen MR) is 120 cm³/mol. The summed E-state index contributed by atoms with van der Waals surface area (Å²) in [6.07, 6.45) is 1.51. The molecule has 3 rings (SSSR count). The van der Waals surface area contributed by atoms with Crippen molar-refractivity contribution in [3.63, 3.8) is 0 Å². The summed E-state index contributed by atoms with van der Waals surface area (Å²) in [6, 6.07) is 10.8. The molecular formula is C21H21BrN4O4. The lowest BCUT2D eigenvalue weighted by Gasteiger charge is -2.15. The fraction of sp³-hybridized carbons (Fsp3) is 0.238. The second-order valence-electron chi connectivity index (χ2n) is 6.66. The van der Waals surface area contributed by atoms with Crippen molar-refractivity contribution < 1.29 is 14.3 Å². The molecule has 0 aliphatic carbocycles. The average molecular weight is 473 g/mol. The number of carbonyl (C=O) groups excluding carboxylic acids is 1. The maximum absolute atomic E-state index is 12.9. The topological polar surface area (TPSA) is 86.0 Å². The van der Waals surface area contributed by atoms with E-state index in [0.29, 0.717) is 28.0 Å². The number of hydrogen-bond acceptors (Lipinski definition) is 7. The molecule has 3 aromatic rings. The minimum atomic E-state index is -0.496. The highest BCUT2D eigenvalue weighted by Crippen LogP contribution is 2.24. The molecule has 2 aromatic carbocycles. The number of ether oxygens (including phenoxy) is 2. The molecule has 0 N–H and O–H groups in total. The first-order valence-corrected chi connectivity index (χ1v) is 9.83. The van der Waals surface area contributed by atoms with Crippen molar-refractivity contribution in [2.45, 2.75) is 6.92 Å². The van der Waals surface area contributed by atoms with Gasteiger partial charge in [0, 0.05) is 35.9 Å². The molecule has 0 saturated heterocycles. The van der Waals surface area contributed by atoms with Crippen LogP contribution >= 0.6 is 15.9 Å². The summed E-state index contributed by atoms with van der Waals surface area (Å²) in [4.78, 5) is 30.7. The number of rotatable bonds is 6. The molecule has 0 amide bonds. The first kappa shape index (κ1) is 21.5. The molecule has 0 spiro atoms. The van der Waals surface area contributed by atoms with Gasteiger partial charge in [-0.15, -0.1) is 0 Å². The van der Waals surface area contributed by atoms with Gasteiger partial charge >= 0.3 is 5.97 Å². The number of anilines is 1. The second kappa shape index (κ2) is 9.08. The van der Waals surface area contributed by atoms with Crippen LogP contribution in [-0.2, 0) is 9.53 Å². The molecule has 0 fully saturated rings. The lowest BCUT2D eigenvalue weighted by molar-refractivity contribution is -0.142. The Kier molecular flexibility index (Phi) is 6.51. The number of fused-ring (bicyclic) bond motifs is 1. The predicted octanol–water partition coefficient (Wildman–Crippen LogP) is 2.97. The van der Waals surface area contributed by atoms with Gasteiger partial charge in [-0.25, -0.2) is 9.78 Å². The molecule has 0 aliphatic heterocycles. The van der Waals surface area contributed by atoms with Gasteiger partial charge in [-0.2, -0.15) is 9.78 Å². The van der Waals surface area contributed by atoms with Gasteiger partial charge < -0.3 is 14.4 Å². The summed E-state index contributed by atoms with van der Waals surface area (Å²) >= 11 is 3.38. The van der Waals surface area contributed by atoms with Crippen molar-refractivity contribution in [2.75, 3.05) is 32.7 Å². The minimum Gasteiger partial charge on any atom is -0.481 e. The molecule has 0 unspecified atom stereocenters. The number of aromatic nitrogens is 2. The van der Waals surface area contributed by atoms with Gasteiger partial charge in [-0.05, 0) is 37.3 Å². The molecule has 1 aromatic heterocycles. The summed E-state index contributed by atoms with van der Waals surface area (Å²) in [6.45, 7) is 1.47. The normalized spacial score (nSPS) is 11.1. The van der Waals surface area contributed by atoms with E-state index < -0.39 is 5.97 Å². The van der Waals surface area contributed by atoms with E-state index >= 15 is 0 Å². The highest BCUT2D eigenvalue weighted by molar-refractivity contribution is 9.10. The number of carbonyl (C=O) groups is 1. The van der Waals surface area contributed by atoms with E-state index in [1.54, 1.807) is 31.2 Å². The molecule has 1 heterocycles. The molecule has 0 bridgehead atoms. The first-order chi connectivity index (χ1) is 14.3. The molecule has 8 nitrogen and oxygen atoms in total. The van der Waals surface area contributed by atoms with E-state index in [4.69, 9.17) is 4.74 Å². The number of methoxy groups -OCH3 is 1. The Morgan fingerprint density at radius 1 is 1.27 bits per heavy atom. The Bertz CT molecular complexity index is 1190. The average Bonchev–Trinajstić information content (AvgIpc) is 2.72. The zero-order valence-corrected chi connectivity index (χ0v) is 18.6. The molecule has 0 radical (unpaired) electrons. The SMILES string of the molecule is COC(=O)COc1cc(N(C)C)ccc1C=Nn1c(C)nc2ccc(Br)cc2c1=O. The van der Waals surface area contributed by atoms with E-state index in [0.717, 1.165) is 10.2 Å². The lowest BCUT2D eigenvalue weighted by atomic mass is 10.2. The van der Waals surface area contributed by atoms with Crippen LogP contribution in [0.5, 0.6) is 5.75 Å². The monoisotopic (exact) mass is 472 g/mol. The Hall–Kier alpha value is -3.20. The molecule has 0 aliphatic rings. The van der Waals surface area contributed by atoms with Crippen LogP contribution in [0.25, 0.3) is 10.9 Å². The van der Waals surface area contributed by atoms with Crippen molar-refractivity contribution in [3.05, 3.63) is 62.6 Å². The van der Waals surface area contributed by atoms with Crippen LogP contribution in [0.15, 0.2) is 50.8 Å². The van der Waals surface area contributed by atoms with Gasteiger partial charge in [0.1, 0.15) is 11.6 Å². The van der Waals surface area contributed by atoms with Crippen molar-refractivity contribution in [1.82, 2.24) is 9.66 Å². The Labute approximate surface area is 181 Å². The third-order valence-corrected chi connectivity index (χ3v) is 4.86. The van der Waals surface area contributed by atoms with E-state index in [2.05, 4.69) is 30.8 Å². The molecule has 30 heavy (non-hydrogen) atoms. The van der Waals surface area contributed by atoms with E-state index in [9.17, 15) is 9.59 Å². The standard InChI is InChI=1S/C21H21BrN4O4/c1-13-24-18-8-6-15(22)9-17(18)21(28)26(13)23-11-14-5-7-16(25(2)3)10-19(14)30-12-20(27)29-4/h5-11H,12H2,1-4H3. The van der Waals surface area contributed by atoms with Crippen LogP contribution in [0.3, 0.4) is 0 Å². The number of aryl methyl sites for hydroxylation is 1. The quantitative estimate of drug-likeness (QED) is 0.404. The van der Waals surface area contributed by atoms with Gasteiger partial charge in [0.2, 0.25) is 0 Å². The largest absolute Gasteiger partial charge is 0.481 e. The number of nitrogens with zero attached hydrogens (tertiary/aromatic N) is 4. The van der Waals surface area contributed by atoms with Crippen LogP contribution in [0.1, 0.15) is 11.4 Å². The minimum absolute atomic E-state index is 0.237. The van der Waals surface area contributed by atoms with Gasteiger partial charge in [0.25, 0.3) is 5.56 Å². The maximum atomic E-state index is 12.9. The Morgan fingerprint density at radius 3 is 2.73 bits per heavy atom. The molecule has 156 valence electrons. The molecular weight excluding hydrogens is 452 g/mol. The van der Waals surface area contributed by atoms with E-state index in [-0.39, 0.29) is 12.2 Å². The lowest BCUT2D eigenvalue weighted by Crippen LogP contribution is -2.20. The van der Waals surface area contributed by atoms with Crippen LogP contribution in [0.2, 0.25) is 0 Å². The first-order valence-electron chi connectivity index (χ1n) is 9.04. The maximum Gasteiger partial charge on any atom is 0.343 e. The Morgan fingerprint density at radius 2 is 2.03 bits per heavy atom. The van der Waals surface area contributed by atoms with Gasteiger partial charge in [0.15, 0.2) is 6.61 Å². The summed E-state index contributed by atoms with van der Waals surface area (Å²) in [5.74, 6) is 0.398. The summed E-state index contributed by atoms with van der Waals surface area (Å²) in [5.41, 5.74) is 1.81. The highest BCUT2D eigenvalue weighted by atomic mass is 79.9. The second-order valence-corrected chi connectivity index (χ2v) is 7.58. The zero-order chi connectivity index (χ0) is 21.8. The fourth-order valence-corrected chi connectivity index (χ4v) is 3.11. The summed E-state index contributed by atoms with van der Waals surface area (Å²) < 4.78 is 12.3. The number of esters is 1. The van der Waals surface area contributed by atoms with Crippen molar-refractivity contribution >= 4 is 44.7 Å². The van der Waals surface area contributed by atoms with Crippen molar-refractivity contribution in [2.24, 2.45) is 5.10 Å². The van der Waals surface area contributed by atoms with Crippen LogP contribution < -0.4 is 15.2 Å². The van der Waals surface area contributed by atoms with Gasteiger partial charge in [-0.1, -0.05) is 15.9 Å². The Balaban J connectivity index is 2.02. The third-order valence-electron chi connectivity index (χ3n) is 4.37. The summed E-state index contributed by atoms with van der Waals surface area (Å²) in [7, 11) is 5.09. The smallest absolute Gasteiger partial charge is 0.343 e. The van der Waals surface area contributed by atoms with Gasteiger partial charge in [-0.3, -0.25) is 4.79 Å². The fourth-order valence-electron chi connectivity index (χ4n) is 2.74. The molecule has 0 atom stereocenters.